The van der Waals surface area contributed by atoms with Gasteiger partial charge in [-0.1, -0.05) is 34.8 Å². The Morgan fingerprint density at radius 3 is 2.42 bits per heavy atom. The zero-order valence-electron chi connectivity index (χ0n) is 10.3. The molecule has 0 aliphatic rings. The van der Waals surface area contributed by atoms with Crippen molar-refractivity contribution < 1.29 is 19.1 Å². The number of hydrogen-bond donors (Lipinski definition) is 0. The van der Waals surface area contributed by atoms with E-state index in [1.807, 2.05) is 0 Å². The smallest absolute Gasteiger partial charge is 0.354 e. The van der Waals surface area contributed by atoms with Gasteiger partial charge in [0, 0.05) is 25.4 Å². The van der Waals surface area contributed by atoms with Crippen LogP contribution in [0.3, 0.4) is 0 Å². The second kappa shape index (κ2) is 6.61. The first-order valence-electron chi connectivity index (χ1n) is 5.20. The SMILES string of the molecule is COCCn1cc(C(=O)C(Cl)(Cl)Cl)cc1C(=O)OC. The summed E-state index contributed by atoms with van der Waals surface area (Å²) in [5.74, 6) is -1.29. The van der Waals surface area contributed by atoms with E-state index in [0.29, 0.717) is 13.2 Å². The molecule has 0 amide bonds. The van der Waals surface area contributed by atoms with E-state index < -0.39 is 15.5 Å². The number of aromatic nitrogens is 1. The fraction of sp³-hybridized carbons (Fsp3) is 0.455. The van der Waals surface area contributed by atoms with Gasteiger partial charge in [-0.15, -0.1) is 0 Å². The van der Waals surface area contributed by atoms with Crippen LogP contribution in [0.2, 0.25) is 0 Å². The highest BCUT2D eigenvalue weighted by Crippen LogP contribution is 2.31. The third-order valence-corrected chi connectivity index (χ3v) is 2.86. The zero-order chi connectivity index (χ0) is 14.6. The van der Waals surface area contributed by atoms with Crippen LogP contribution in [0.5, 0.6) is 0 Å². The Morgan fingerprint density at radius 1 is 1.32 bits per heavy atom. The number of hydrogen-bond acceptors (Lipinski definition) is 4. The molecule has 1 heterocycles. The Labute approximate surface area is 125 Å². The number of methoxy groups -OCH3 is 2. The molecule has 1 aromatic rings. The van der Waals surface area contributed by atoms with Gasteiger partial charge in [0.15, 0.2) is 0 Å². The summed E-state index contributed by atoms with van der Waals surface area (Å²) in [5, 5.41) is 0. The van der Waals surface area contributed by atoms with Gasteiger partial charge < -0.3 is 14.0 Å². The summed E-state index contributed by atoms with van der Waals surface area (Å²) in [5.41, 5.74) is 0.314. The molecule has 1 aromatic heterocycles. The molecular formula is C11H12Cl3NO4. The van der Waals surface area contributed by atoms with Crippen LogP contribution in [-0.2, 0) is 16.0 Å². The molecule has 5 nitrogen and oxygen atoms in total. The molecule has 0 aliphatic carbocycles. The number of carbonyl (C=O) groups is 2. The van der Waals surface area contributed by atoms with Gasteiger partial charge in [-0.2, -0.15) is 0 Å². The Balaban J connectivity index is 3.13. The standard InChI is InChI=1S/C11H12Cl3NO4/c1-18-4-3-15-6-7(9(16)11(12,13)14)5-8(15)10(17)19-2/h5-6H,3-4H2,1-2H3. The van der Waals surface area contributed by atoms with Crippen molar-refractivity contribution in [2.75, 3.05) is 20.8 Å². The van der Waals surface area contributed by atoms with Gasteiger partial charge in [0.2, 0.25) is 5.78 Å². The van der Waals surface area contributed by atoms with E-state index in [1.54, 1.807) is 0 Å². The van der Waals surface area contributed by atoms with Crippen LogP contribution in [0, 0.1) is 0 Å². The summed E-state index contributed by atoms with van der Waals surface area (Å²) < 4.78 is 8.98. The van der Waals surface area contributed by atoms with Crippen LogP contribution in [0.1, 0.15) is 20.8 Å². The number of nitrogens with zero attached hydrogens (tertiary/aromatic N) is 1. The first-order valence-corrected chi connectivity index (χ1v) is 6.33. The molecule has 19 heavy (non-hydrogen) atoms. The van der Waals surface area contributed by atoms with E-state index in [-0.39, 0.29) is 11.3 Å². The van der Waals surface area contributed by atoms with Crippen molar-refractivity contribution in [1.29, 1.82) is 0 Å². The van der Waals surface area contributed by atoms with Crippen LogP contribution in [0.4, 0.5) is 0 Å². The Morgan fingerprint density at radius 2 is 1.95 bits per heavy atom. The number of Topliss-reactive ketones (excluding diaryl/α,β-unsaturated/α-hetero) is 1. The Bertz CT molecular complexity index is 479. The van der Waals surface area contributed by atoms with Crippen LogP contribution in [0.25, 0.3) is 0 Å². The molecule has 1 rings (SSSR count). The van der Waals surface area contributed by atoms with Crippen LogP contribution < -0.4 is 0 Å². The summed E-state index contributed by atoms with van der Waals surface area (Å²) in [6, 6.07) is 1.33. The van der Waals surface area contributed by atoms with Gasteiger partial charge in [-0.25, -0.2) is 4.79 Å². The minimum absolute atomic E-state index is 0.122. The lowest BCUT2D eigenvalue weighted by Crippen LogP contribution is -2.18. The second-order valence-corrected chi connectivity index (χ2v) is 5.90. The molecule has 0 N–H and O–H groups in total. The highest BCUT2D eigenvalue weighted by atomic mass is 35.6. The van der Waals surface area contributed by atoms with E-state index in [4.69, 9.17) is 39.5 Å². The summed E-state index contributed by atoms with van der Waals surface area (Å²) in [7, 11) is 2.77. The van der Waals surface area contributed by atoms with Gasteiger partial charge in [-0.3, -0.25) is 4.79 Å². The first kappa shape index (κ1) is 16.3. The highest BCUT2D eigenvalue weighted by molar-refractivity contribution is 6.77. The maximum atomic E-state index is 11.8. The van der Waals surface area contributed by atoms with Gasteiger partial charge in [0.25, 0.3) is 3.79 Å². The van der Waals surface area contributed by atoms with Crippen LogP contribution in [-0.4, -0.2) is 40.9 Å². The summed E-state index contributed by atoms with van der Waals surface area (Å²) in [4.78, 5) is 23.4. The molecule has 8 heteroatoms. The number of esters is 1. The second-order valence-electron chi connectivity index (χ2n) is 3.62. The third kappa shape index (κ3) is 4.11. The van der Waals surface area contributed by atoms with E-state index >= 15 is 0 Å². The van der Waals surface area contributed by atoms with Crippen molar-refractivity contribution in [1.82, 2.24) is 4.57 Å². The predicted molar refractivity (Wildman–Crippen MR) is 72.3 cm³/mol. The largest absolute Gasteiger partial charge is 0.464 e. The average Bonchev–Trinajstić information content (AvgIpc) is 2.77. The number of ether oxygens (including phenoxy) is 2. The van der Waals surface area contributed by atoms with Gasteiger partial charge in [0.05, 0.1) is 13.7 Å². The van der Waals surface area contributed by atoms with Crippen molar-refractivity contribution in [3.05, 3.63) is 23.5 Å². The van der Waals surface area contributed by atoms with Gasteiger partial charge in [-0.05, 0) is 6.07 Å². The van der Waals surface area contributed by atoms with Crippen molar-refractivity contribution in [2.45, 2.75) is 10.3 Å². The van der Waals surface area contributed by atoms with Crippen molar-refractivity contribution in [3.8, 4) is 0 Å². The fourth-order valence-corrected chi connectivity index (χ4v) is 1.78. The molecule has 0 aromatic carbocycles. The van der Waals surface area contributed by atoms with E-state index in [9.17, 15) is 9.59 Å². The molecule has 0 fully saturated rings. The molecule has 106 valence electrons. The molecule has 0 spiro atoms. The predicted octanol–water partition coefficient (Wildman–Crippen LogP) is 2.47. The maximum Gasteiger partial charge on any atom is 0.354 e. The molecular weight excluding hydrogens is 316 g/mol. The molecule has 0 radical (unpaired) electrons. The number of ketones is 1. The van der Waals surface area contributed by atoms with Crippen LogP contribution >= 0.6 is 34.8 Å². The van der Waals surface area contributed by atoms with E-state index in [2.05, 4.69) is 4.74 Å². The fourth-order valence-electron chi connectivity index (χ4n) is 1.45. The molecule has 0 saturated carbocycles. The molecule has 0 atom stereocenters. The Kier molecular flexibility index (Phi) is 5.67. The average molecular weight is 329 g/mol. The minimum Gasteiger partial charge on any atom is -0.464 e. The summed E-state index contributed by atoms with van der Waals surface area (Å²) in [6.45, 7) is 0.730. The molecule has 0 bridgehead atoms. The minimum atomic E-state index is -2.07. The topological polar surface area (TPSA) is 57.5 Å². The Hall–Kier alpha value is -0.750. The number of halogens is 3. The zero-order valence-corrected chi connectivity index (χ0v) is 12.6. The van der Waals surface area contributed by atoms with E-state index in [1.165, 1.54) is 31.0 Å². The van der Waals surface area contributed by atoms with Gasteiger partial charge in [0.1, 0.15) is 5.69 Å². The normalized spacial score (nSPS) is 11.4. The summed E-state index contributed by atoms with van der Waals surface area (Å²) in [6.07, 6.45) is 1.43. The van der Waals surface area contributed by atoms with Crippen molar-refractivity contribution >= 4 is 46.6 Å². The maximum absolute atomic E-state index is 11.8. The summed E-state index contributed by atoms with van der Waals surface area (Å²) >= 11 is 16.6. The van der Waals surface area contributed by atoms with E-state index in [0.717, 1.165) is 0 Å². The lowest BCUT2D eigenvalue weighted by atomic mass is 10.2. The quantitative estimate of drug-likeness (QED) is 0.473. The number of carbonyl (C=O) groups excluding carboxylic acids is 2. The monoisotopic (exact) mass is 327 g/mol. The first-order chi connectivity index (χ1) is 8.81. The highest BCUT2D eigenvalue weighted by Gasteiger charge is 2.33. The lowest BCUT2D eigenvalue weighted by Gasteiger charge is -2.07. The lowest BCUT2D eigenvalue weighted by molar-refractivity contribution is 0.0586. The van der Waals surface area contributed by atoms with Gasteiger partial charge >= 0.3 is 5.97 Å². The third-order valence-electron chi connectivity index (χ3n) is 2.35. The van der Waals surface area contributed by atoms with Crippen LogP contribution in [0.15, 0.2) is 12.3 Å². The number of alkyl halides is 3. The molecule has 0 saturated heterocycles. The van der Waals surface area contributed by atoms with Crippen molar-refractivity contribution in [2.24, 2.45) is 0 Å². The molecule has 0 aliphatic heterocycles. The van der Waals surface area contributed by atoms with Crippen molar-refractivity contribution in [3.63, 3.8) is 0 Å². The molecule has 0 unspecified atom stereocenters. The number of rotatable bonds is 5.